The third kappa shape index (κ3) is 3.85. The topological polar surface area (TPSA) is 56.7 Å². The molecule has 0 spiro atoms. The first-order valence-corrected chi connectivity index (χ1v) is 8.41. The van der Waals surface area contributed by atoms with Crippen molar-refractivity contribution in [3.05, 3.63) is 12.2 Å². The molecule has 0 bridgehead atoms. The van der Waals surface area contributed by atoms with Gasteiger partial charge in [0.2, 0.25) is 0 Å². The lowest BCUT2D eigenvalue weighted by Crippen LogP contribution is -2.36. The van der Waals surface area contributed by atoms with Crippen LogP contribution >= 0.6 is 0 Å². The van der Waals surface area contributed by atoms with Crippen molar-refractivity contribution in [2.24, 2.45) is 28.9 Å². The zero-order valence-corrected chi connectivity index (χ0v) is 14.3. The molecule has 1 heterocycles. The first-order chi connectivity index (χ1) is 9.82. The predicted molar refractivity (Wildman–Crippen MR) is 86.9 cm³/mol. The van der Waals surface area contributed by atoms with Crippen LogP contribution < -0.4 is 5.73 Å². The maximum Gasteiger partial charge on any atom is 0.138 e. The maximum absolute atomic E-state index is 6.03. The molecule has 1 saturated carbocycles. The molecule has 0 aliphatic heterocycles. The summed E-state index contributed by atoms with van der Waals surface area (Å²) in [6.45, 7) is 12.2. The van der Waals surface area contributed by atoms with Crippen LogP contribution in [0.25, 0.3) is 0 Å². The second-order valence-electron chi connectivity index (χ2n) is 8.05. The standard InChI is InChI=1S/C17H32N4/c1-12(2)21-16(19-11-20-21)9-14-8-15(17(3,4)5)7-6-13(14)10-18/h11-15H,6-10,18H2,1-5H3. The van der Waals surface area contributed by atoms with E-state index in [1.807, 2.05) is 0 Å². The molecule has 2 rings (SSSR count). The van der Waals surface area contributed by atoms with Crippen LogP contribution in [0.2, 0.25) is 0 Å². The molecule has 3 unspecified atom stereocenters. The largest absolute Gasteiger partial charge is 0.330 e. The molecule has 120 valence electrons. The van der Waals surface area contributed by atoms with E-state index in [1.165, 1.54) is 19.3 Å². The van der Waals surface area contributed by atoms with E-state index in [4.69, 9.17) is 5.73 Å². The van der Waals surface area contributed by atoms with Gasteiger partial charge in [0.1, 0.15) is 12.2 Å². The minimum Gasteiger partial charge on any atom is -0.330 e. The molecular formula is C17H32N4. The summed E-state index contributed by atoms with van der Waals surface area (Å²) >= 11 is 0. The first kappa shape index (κ1) is 16.5. The third-order valence-corrected chi connectivity index (χ3v) is 5.25. The minimum atomic E-state index is 0.376. The van der Waals surface area contributed by atoms with E-state index >= 15 is 0 Å². The molecule has 3 atom stereocenters. The van der Waals surface area contributed by atoms with Crippen molar-refractivity contribution in [1.82, 2.24) is 14.8 Å². The summed E-state index contributed by atoms with van der Waals surface area (Å²) in [4.78, 5) is 4.50. The number of hydrogen-bond donors (Lipinski definition) is 1. The highest BCUT2D eigenvalue weighted by Gasteiger charge is 2.35. The molecule has 21 heavy (non-hydrogen) atoms. The zero-order chi connectivity index (χ0) is 15.6. The van der Waals surface area contributed by atoms with Gasteiger partial charge >= 0.3 is 0 Å². The Morgan fingerprint density at radius 2 is 2.00 bits per heavy atom. The van der Waals surface area contributed by atoms with Crippen molar-refractivity contribution in [1.29, 1.82) is 0 Å². The van der Waals surface area contributed by atoms with E-state index in [0.29, 0.717) is 23.3 Å². The van der Waals surface area contributed by atoms with Crippen LogP contribution in [-0.4, -0.2) is 21.3 Å². The van der Waals surface area contributed by atoms with Crippen LogP contribution in [0.4, 0.5) is 0 Å². The average Bonchev–Trinajstić information content (AvgIpc) is 2.86. The summed E-state index contributed by atoms with van der Waals surface area (Å²) in [6, 6.07) is 0.376. The van der Waals surface area contributed by atoms with Gasteiger partial charge in [0.05, 0.1) is 0 Å². The fraction of sp³-hybridized carbons (Fsp3) is 0.882. The van der Waals surface area contributed by atoms with Crippen LogP contribution in [0.1, 0.15) is 65.7 Å². The normalized spacial score (nSPS) is 27.3. The van der Waals surface area contributed by atoms with Gasteiger partial charge in [-0.15, -0.1) is 0 Å². The predicted octanol–water partition coefficient (Wildman–Crippen LogP) is 3.44. The quantitative estimate of drug-likeness (QED) is 0.925. The molecule has 4 nitrogen and oxygen atoms in total. The molecular weight excluding hydrogens is 260 g/mol. The number of rotatable bonds is 4. The molecule has 0 saturated heterocycles. The van der Waals surface area contributed by atoms with Gasteiger partial charge in [-0.25, -0.2) is 9.67 Å². The Hall–Kier alpha value is -0.900. The Morgan fingerprint density at radius 3 is 2.57 bits per heavy atom. The Bertz CT molecular complexity index is 444. The molecule has 0 amide bonds. The van der Waals surface area contributed by atoms with Gasteiger partial charge in [-0.3, -0.25) is 0 Å². The Labute approximate surface area is 129 Å². The monoisotopic (exact) mass is 292 g/mol. The molecule has 1 fully saturated rings. The number of hydrogen-bond acceptors (Lipinski definition) is 3. The highest BCUT2D eigenvalue weighted by atomic mass is 15.3. The van der Waals surface area contributed by atoms with E-state index in [-0.39, 0.29) is 0 Å². The highest BCUT2D eigenvalue weighted by molar-refractivity contribution is 4.94. The third-order valence-electron chi connectivity index (χ3n) is 5.25. The van der Waals surface area contributed by atoms with Crippen LogP contribution in [0, 0.1) is 23.2 Å². The molecule has 2 N–H and O–H groups in total. The number of nitrogens with zero attached hydrogens (tertiary/aromatic N) is 3. The lowest BCUT2D eigenvalue weighted by molar-refractivity contribution is 0.0992. The van der Waals surface area contributed by atoms with Gasteiger partial charge in [0.25, 0.3) is 0 Å². The summed E-state index contributed by atoms with van der Waals surface area (Å²) < 4.78 is 2.06. The molecule has 1 aromatic rings. The van der Waals surface area contributed by atoms with Gasteiger partial charge in [0.15, 0.2) is 0 Å². The highest BCUT2D eigenvalue weighted by Crippen LogP contribution is 2.43. The molecule has 1 aliphatic rings. The van der Waals surface area contributed by atoms with Crippen LogP contribution in [0.3, 0.4) is 0 Å². The first-order valence-electron chi connectivity index (χ1n) is 8.41. The van der Waals surface area contributed by atoms with Crippen molar-refractivity contribution >= 4 is 0 Å². The van der Waals surface area contributed by atoms with E-state index in [9.17, 15) is 0 Å². The fourth-order valence-corrected chi connectivity index (χ4v) is 3.76. The van der Waals surface area contributed by atoms with Crippen molar-refractivity contribution in [2.45, 2.75) is 66.3 Å². The fourth-order valence-electron chi connectivity index (χ4n) is 3.76. The second kappa shape index (κ2) is 6.47. The summed E-state index contributed by atoms with van der Waals surface area (Å²) in [5.74, 6) is 3.21. The summed E-state index contributed by atoms with van der Waals surface area (Å²) in [7, 11) is 0. The lowest BCUT2D eigenvalue weighted by atomic mass is 9.65. The van der Waals surface area contributed by atoms with Crippen molar-refractivity contribution < 1.29 is 0 Å². The SMILES string of the molecule is CC(C)n1ncnc1CC1CC(C(C)(C)C)CCC1CN. The Kier molecular flexibility index (Phi) is 5.07. The summed E-state index contributed by atoms with van der Waals surface area (Å²) in [6.07, 6.45) is 6.57. The van der Waals surface area contributed by atoms with Gasteiger partial charge in [0, 0.05) is 12.5 Å². The molecule has 1 aromatic heterocycles. The van der Waals surface area contributed by atoms with Crippen molar-refractivity contribution in [2.75, 3.05) is 6.54 Å². The van der Waals surface area contributed by atoms with E-state index < -0.39 is 0 Å². The molecule has 0 radical (unpaired) electrons. The Balaban J connectivity index is 2.12. The van der Waals surface area contributed by atoms with E-state index in [2.05, 4.69) is 49.4 Å². The number of nitrogens with two attached hydrogens (primary N) is 1. The molecule has 4 heteroatoms. The minimum absolute atomic E-state index is 0.376. The average molecular weight is 292 g/mol. The molecule has 0 aromatic carbocycles. The van der Waals surface area contributed by atoms with Crippen LogP contribution in [-0.2, 0) is 6.42 Å². The summed E-state index contributed by atoms with van der Waals surface area (Å²) in [5.41, 5.74) is 6.42. The van der Waals surface area contributed by atoms with Crippen LogP contribution in [0.15, 0.2) is 6.33 Å². The zero-order valence-electron chi connectivity index (χ0n) is 14.3. The summed E-state index contributed by atoms with van der Waals surface area (Å²) in [5, 5.41) is 4.37. The van der Waals surface area contributed by atoms with Crippen molar-refractivity contribution in [3.63, 3.8) is 0 Å². The van der Waals surface area contributed by atoms with E-state index in [0.717, 1.165) is 24.7 Å². The van der Waals surface area contributed by atoms with E-state index in [1.54, 1.807) is 6.33 Å². The van der Waals surface area contributed by atoms with Gasteiger partial charge < -0.3 is 5.73 Å². The van der Waals surface area contributed by atoms with Crippen molar-refractivity contribution in [3.8, 4) is 0 Å². The smallest absolute Gasteiger partial charge is 0.138 e. The lowest BCUT2D eigenvalue weighted by Gasteiger charge is -2.41. The second-order valence-corrected chi connectivity index (χ2v) is 8.05. The van der Waals surface area contributed by atoms with Gasteiger partial charge in [-0.1, -0.05) is 20.8 Å². The number of aromatic nitrogens is 3. The van der Waals surface area contributed by atoms with Gasteiger partial charge in [-0.05, 0) is 62.8 Å². The van der Waals surface area contributed by atoms with Crippen LogP contribution in [0.5, 0.6) is 0 Å². The Morgan fingerprint density at radius 1 is 1.29 bits per heavy atom. The molecule has 1 aliphatic carbocycles. The van der Waals surface area contributed by atoms with Gasteiger partial charge in [-0.2, -0.15) is 5.10 Å². The maximum atomic E-state index is 6.03.